The molecule has 1 N–H and O–H groups in total. The Bertz CT molecular complexity index is 699. The molecule has 8 heteroatoms. The largest absolute Gasteiger partial charge is 0.361 e. The van der Waals surface area contributed by atoms with Crippen molar-refractivity contribution in [1.82, 2.24) is 19.9 Å². The molecule has 0 unspecified atom stereocenters. The second-order valence-corrected chi connectivity index (χ2v) is 5.88. The van der Waals surface area contributed by atoms with Crippen LogP contribution in [0.2, 0.25) is 0 Å². The van der Waals surface area contributed by atoms with Crippen LogP contribution < -0.4 is 15.1 Å². The van der Waals surface area contributed by atoms with Gasteiger partial charge in [-0.15, -0.1) is 0 Å². The minimum Gasteiger partial charge on any atom is -0.361 e. The number of aromatic nitrogens is 4. The average molecular weight is 327 g/mol. The molecular weight excluding hydrogens is 306 g/mol. The molecule has 0 spiro atoms. The summed E-state index contributed by atoms with van der Waals surface area (Å²) in [6.45, 7) is 1.94. The number of carbonyl (C=O) groups is 1. The fourth-order valence-corrected chi connectivity index (χ4v) is 2.63. The van der Waals surface area contributed by atoms with Crippen molar-refractivity contribution in [2.75, 3.05) is 42.3 Å². The van der Waals surface area contributed by atoms with Gasteiger partial charge in [-0.2, -0.15) is 4.98 Å². The molecule has 1 fully saturated rings. The summed E-state index contributed by atoms with van der Waals surface area (Å²) in [5, 5.41) is 2.79. The molecule has 1 aliphatic rings. The lowest BCUT2D eigenvalue weighted by atomic mass is 10.1. The Morgan fingerprint density at radius 3 is 2.50 bits per heavy atom. The first-order chi connectivity index (χ1) is 11.6. The van der Waals surface area contributed by atoms with E-state index in [9.17, 15) is 4.79 Å². The van der Waals surface area contributed by atoms with E-state index in [-0.39, 0.29) is 11.7 Å². The fourth-order valence-electron chi connectivity index (χ4n) is 2.63. The van der Waals surface area contributed by atoms with Gasteiger partial charge in [0.2, 0.25) is 11.8 Å². The number of nitrogens with zero attached hydrogens (tertiary/aromatic N) is 6. The first kappa shape index (κ1) is 16.1. The van der Waals surface area contributed by atoms with E-state index >= 15 is 0 Å². The third-order valence-electron chi connectivity index (χ3n) is 3.84. The minimum atomic E-state index is -0.381. The molecule has 0 aromatic carbocycles. The average Bonchev–Trinajstić information content (AvgIpc) is 2.63. The first-order valence-electron chi connectivity index (χ1n) is 8.03. The van der Waals surface area contributed by atoms with Gasteiger partial charge in [-0.05, 0) is 25.3 Å². The van der Waals surface area contributed by atoms with Crippen LogP contribution in [0.25, 0.3) is 0 Å². The van der Waals surface area contributed by atoms with Crippen LogP contribution in [0, 0.1) is 0 Å². The molecule has 2 aromatic heterocycles. The van der Waals surface area contributed by atoms with Crippen LogP contribution in [0.3, 0.4) is 0 Å². The van der Waals surface area contributed by atoms with Crippen LogP contribution in [-0.4, -0.2) is 53.0 Å². The van der Waals surface area contributed by atoms with Crippen molar-refractivity contribution < 1.29 is 4.79 Å². The van der Waals surface area contributed by atoms with Gasteiger partial charge >= 0.3 is 0 Å². The first-order valence-corrected chi connectivity index (χ1v) is 8.03. The summed E-state index contributed by atoms with van der Waals surface area (Å²) >= 11 is 0. The SMILES string of the molecule is CN(C)c1nc(N2CCCCC2)ncc1NC(=O)c1ncccn1. The third-order valence-corrected chi connectivity index (χ3v) is 3.84. The summed E-state index contributed by atoms with van der Waals surface area (Å²) in [4.78, 5) is 33.3. The number of nitrogens with one attached hydrogen (secondary N) is 1. The zero-order valence-corrected chi connectivity index (χ0v) is 13.9. The zero-order chi connectivity index (χ0) is 16.9. The maximum Gasteiger partial charge on any atom is 0.293 e. The molecule has 3 rings (SSSR count). The van der Waals surface area contributed by atoms with E-state index in [0.717, 1.165) is 25.9 Å². The molecule has 8 nitrogen and oxygen atoms in total. The number of hydrogen-bond acceptors (Lipinski definition) is 7. The molecule has 24 heavy (non-hydrogen) atoms. The number of rotatable bonds is 4. The van der Waals surface area contributed by atoms with Crippen molar-refractivity contribution >= 4 is 23.4 Å². The monoisotopic (exact) mass is 327 g/mol. The van der Waals surface area contributed by atoms with E-state index in [1.165, 1.54) is 18.8 Å². The second kappa shape index (κ2) is 7.20. The molecule has 1 amide bonds. The van der Waals surface area contributed by atoms with Gasteiger partial charge in [-0.3, -0.25) is 4.79 Å². The highest BCUT2D eigenvalue weighted by molar-refractivity contribution is 6.03. The molecule has 1 aliphatic heterocycles. The van der Waals surface area contributed by atoms with E-state index < -0.39 is 0 Å². The van der Waals surface area contributed by atoms with Gasteiger partial charge in [-0.25, -0.2) is 15.0 Å². The maximum atomic E-state index is 12.3. The van der Waals surface area contributed by atoms with Crippen molar-refractivity contribution in [1.29, 1.82) is 0 Å². The number of piperidine rings is 1. The zero-order valence-electron chi connectivity index (χ0n) is 13.9. The van der Waals surface area contributed by atoms with Crippen LogP contribution in [0.1, 0.15) is 29.9 Å². The van der Waals surface area contributed by atoms with E-state index in [1.807, 2.05) is 19.0 Å². The van der Waals surface area contributed by atoms with Crippen molar-refractivity contribution in [2.24, 2.45) is 0 Å². The van der Waals surface area contributed by atoms with Crippen molar-refractivity contribution in [3.63, 3.8) is 0 Å². The fraction of sp³-hybridized carbons (Fsp3) is 0.438. The topological polar surface area (TPSA) is 87.1 Å². The Morgan fingerprint density at radius 2 is 1.83 bits per heavy atom. The third kappa shape index (κ3) is 3.58. The smallest absolute Gasteiger partial charge is 0.293 e. The van der Waals surface area contributed by atoms with Gasteiger partial charge in [-0.1, -0.05) is 0 Å². The summed E-state index contributed by atoms with van der Waals surface area (Å²) in [6, 6.07) is 1.67. The van der Waals surface area contributed by atoms with Crippen LogP contribution in [0.4, 0.5) is 17.5 Å². The summed E-state index contributed by atoms with van der Waals surface area (Å²) < 4.78 is 0. The minimum absolute atomic E-state index is 0.113. The van der Waals surface area contributed by atoms with Crippen molar-refractivity contribution in [3.8, 4) is 0 Å². The van der Waals surface area contributed by atoms with Gasteiger partial charge in [0, 0.05) is 39.6 Å². The van der Waals surface area contributed by atoms with E-state index in [4.69, 9.17) is 0 Å². The number of amides is 1. The number of hydrogen-bond donors (Lipinski definition) is 1. The molecule has 126 valence electrons. The Labute approximate surface area is 141 Å². The second-order valence-electron chi connectivity index (χ2n) is 5.88. The molecule has 0 atom stereocenters. The molecule has 0 saturated carbocycles. The Kier molecular flexibility index (Phi) is 4.83. The van der Waals surface area contributed by atoms with E-state index in [2.05, 4.69) is 30.2 Å². The highest BCUT2D eigenvalue weighted by Crippen LogP contribution is 2.25. The van der Waals surface area contributed by atoms with E-state index in [1.54, 1.807) is 12.3 Å². The molecule has 0 aliphatic carbocycles. The summed E-state index contributed by atoms with van der Waals surface area (Å²) in [6.07, 6.45) is 8.28. The van der Waals surface area contributed by atoms with Crippen molar-refractivity contribution in [3.05, 3.63) is 30.5 Å². The van der Waals surface area contributed by atoms with Crippen LogP contribution >= 0.6 is 0 Å². The van der Waals surface area contributed by atoms with Crippen LogP contribution in [0.5, 0.6) is 0 Å². The molecular formula is C16H21N7O. The van der Waals surface area contributed by atoms with Gasteiger partial charge in [0.05, 0.1) is 6.20 Å². The van der Waals surface area contributed by atoms with Gasteiger partial charge in [0.1, 0.15) is 5.69 Å². The van der Waals surface area contributed by atoms with Crippen LogP contribution in [0.15, 0.2) is 24.7 Å². The van der Waals surface area contributed by atoms with E-state index in [0.29, 0.717) is 17.5 Å². The Balaban J connectivity index is 1.83. The molecule has 0 bridgehead atoms. The lowest BCUT2D eigenvalue weighted by molar-refractivity contribution is 0.101. The van der Waals surface area contributed by atoms with Gasteiger partial charge in [0.25, 0.3) is 5.91 Å². The Hall–Kier alpha value is -2.77. The summed E-state index contributed by atoms with van der Waals surface area (Å²) in [7, 11) is 3.77. The predicted octanol–water partition coefficient (Wildman–Crippen LogP) is 1.58. The highest BCUT2D eigenvalue weighted by atomic mass is 16.2. The van der Waals surface area contributed by atoms with Crippen molar-refractivity contribution in [2.45, 2.75) is 19.3 Å². The summed E-state index contributed by atoms with van der Waals surface area (Å²) in [5.41, 5.74) is 0.540. The predicted molar refractivity (Wildman–Crippen MR) is 92.4 cm³/mol. The lowest BCUT2D eigenvalue weighted by Crippen LogP contribution is -2.31. The van der Waals surface area contributed by atoms with Gasteiger partial charge in [0.15, 0.2) is 5.82 Å². The number of carbonyl (C=O) groups excluding carboxylic acids is 1. The standard InChI is InChI=1S/C16H21N7O/c1-22(2)14-12(20-15(24)13-17-7-6-8-18-13)11-19-16(21-14)23-9-4-3-5-10-23/h6-8,11H,3-5,9-10H2,1-2H3,(H,20,24). The van der Waals surface area contributed by atoms with Crippen LogP contribution in [-0.2, 0) is 0 Å². The van der Waals surface area contributed by atoms with Gasteiger partial charge < -0.3 is 15.1 Å². The molecule has 0 radical (unpaired) electrons. The quantitative estimate of drug-likeness (QED) is 0.912. The molecule has 3 heterocycles. The maximum absolute atomic E-state index is 12.3. The highest BCUT2D eigenvalue weighted by Gasteiger charge is 2.18. The Morgan fingerprint density at radius 1 is 1.12 bits per heavy atom. The number of anilines is 3. The molecule has 2 aromatic rings. The lowest BCUT2D eigenvalue weighted by Gasteiger charge is -2.28. The normalized spacial score (nSPS) is 14.3. The molecule has 1 saturated heterocycles. The summed E-state index contributed by atoms with van der Waals surface area (Å²) in [5.74, 6) is 1.09.